The van der Waals surface area contributed by atoms with Crippen molar-refractivity contribution in [2.45, 2.75) is 19.2 Å². The van der Waals surface area contributed by atoms with Gasteiger partial charge in [0.15, 0.2) is 0 Å². The minimum absolute atomic E-state index is 1.01. The number of aryl methyl sites for hydroxylation is 1. The monoisotopic (exact) mass is 156 g/mol. The van der Waals surface area contributed by atoms with Gasteiger partial charge in [0.05, 0.1) is 5.75 Å². The van der Waals surface area contributed by atoms with E-state index in [-0.39, 0.29) is 0 Å². The molecule has 0 aromatic carbocycles. The molecule has 3 heteroatoms. The van der Waals surface area contributed by atoms with Crippen LogP contribution in [0.15, 0.2) is 12.4 Å². The number of imidazole rings is 1. The molecular formula is C7H12N2S. The van der Waals surface area contributed by atoms with Gasteiger partial charge < -0.3 is 4.57 Å². The van der Waals surface area contributed by atoms with Crippen LogP contribution in [0, 0.1) is 0 Å². The van der Waals surface area contributed by atoms with E-state index in [2.05, 4.69) is 22.7 Å². The molecule has 0 saturated heterocycles. The molecule has 1 rings (SSSR count). The van der Waals surface area contributed by atoms with Crippen molar-refractivity contribution in [3.05, 3.63) is 18.2 Å². The Labute approximate surface area is 65.7 Å². The molecule has 0 saturated carbocycles. The largest absolute Gasteiger partial charge is 0.335 e. The van der Waals surface area contributed by atoms with E-state index in [0.29, 0.717) is 0 Å². The summed E-state index contributed by atoms with van der Waals surface area (Å²) in [5.74, 6) is 2.19. The van der Waals surface area contributed by atoms with E-state index in [1.807, 2.05) is 12.4 Å². The first-order valence-corrected chi connectivity index (χ1v) is 4.76. The smallest absolute Gasteiger partial charge is 0.118 e. The molecule has 0 spiro atoms. The molecule has 0 bridgehead atoms. The number of thioether (sulfide) groups is 1. The maximum Gasteiger partial charge on any atom is 0.118 e. The highest BCUT2D eigenvalue weighted by atomic mass is 32.2. The van der Waals surface area contributed by atoms with Gasteiger partial charge >= 0.3 is 0 Å². The molecule has 0 aliphatic rings. The van der Waals surface area contributed by atoms with Crippen molar-refractivity contribution in [2.24, 2.45) is 0 Å². The van der Waals surface area contributed by atoms with E-state index in [1.54, 1.807) is 11.8 Å². The molecule has 2 nitrogen and oxygen atoms in total. The second kappa shape index (κ2) is 3.66. The van der Waals surface area contributed by atoms with Crippen LogP contribution >= 0.6 is 11.8 Å². The van der Waals surface area contributed by atoms with Gasteiger partial charge in [0.1, 0.15) is 5.82 Å². The lowest BCUT2D eigenvalue weighted by Gasteiger charge is -2.00. The normalized spacial score (nSPS) is 10.2. The Balaban J connectivity index is 2.70. The van der Waals surface area contributed by atoms with Crippen LogP contribution in [-0.4, -0.2) is 15.8 Å². The van der Waals surface area contributed by atoms with Crippen molar-refractivity contribution < 1.29 is 0 Å². The summed E-state index contributed by atoms with van der Waals surface area (Å²) in [5.41, 5.74) is 0. The fraction of sp³-hybridized carbons (Fsp3) is 0.571. The van der Waals surface area contributed by atoms with E-state index < -0.39 is 0 Å². The van der Waals surface area contributed by atoms with Crippen LogP contribution in [0.3, 0.4) is 0 Å². The molecule has 0 fully saturated rings. The van der Waals surface area contributed by atoms with Gasteiger partial charge in [-0.3, -0.25) is 0 Å². The number of aromatic nitrogens is 2. The molecule has 56 valence electrons. The summed E-state index contributed by atoms with van der Waals surface area (Å²) in [4.78, 5) is 4.22. The fourth-order valence-corrected chi connectivity index (χ4v) is 1.40. The van der Waals surface area contributed by atoms with Crippen molar-refractivity contribution in [2.75, 3.05) is 6.26 Å². The van der Waals surface area contributed by atoms with Crippen LogP contribution in [0.4, 0.5) is 0 Å². The number of rotatable bonds is 3. The molecular weight excluding hydrogens is 144 g/mol. The summed E-state index contributed by atoms with van der Waals surface area (Å²) in [5, 5.41) is 0. The minimum Gasteiger partial charge on any atom is -0.335 e. The summed E-state index contributed by atoms with van der Waals surface area (Å²) >= 11 is 1.81. The minimum atomic E-state index is 1.01. The highest BCUT2D eigenvalue weighted by Crippen LogP contribution is 2.05. The third-order valence-corrected chi connectivity index (χ3v) is 1.96. The first-order chi connectivity index (χ1) is 4.88. The second-order valence-corrected chi connectivity index (χ2v) is 2.93. The Hall–Kier alpha value is -0.440. The molecule has 1 aromatic heterocycles. The first kappa shape index (κ1) is 7.66. The predicted molar refractivity (Wildman–Crippen MR) is 45.1 cm³/mol. The third kappa shape index (κ3) is 1.53. The zero-order valence-electron chi connectivity index (χ0n) is 6.37. The SMILES string of the molecule is CCn1ccnc1CSC. The van der Waals surface area contributed by atoms with Crippen LogP contribution in [0.1, 0.15) is 12.7 Å². The number of hydrogen-bond donors (Lipinski definition) is 0. The van der Waals surface area contributed by atoms with Gasteiger partial charge in [0.25, 0.3) is 0 Å². The zero-order chi connectivity index (χ0) is 7.40. The number of hydrogen-bond acceptors (Lipinski definition) is 2. The van der Waals surface area contributed by atoms with E-state index in [0.717, 1.165) is 12.3 Å². The molecule has 1 heterocycles. The van der Waals surface area contributed by atoms with E-state index in [4.69, 9.17) is 0 Å². The van der Waals surface area contributed by atoms with Crippen LogP contribution in [0.25, 0.3) is 0 Å². The Morgan fingerprint density at radius 3 is 3.10 bits per heavy atom. The Morgan fingerprint density at radius 1 is 1.70 bits per heavy atom. The van der Waals surface area contributed by atoms with Crippen molar-refractivity contribution in [1.82, 2.24) is 9.55 Å². The third-order valence-electron chi connectivity index (χ3n) is 1.42. The van der Waals surface area contributed by atoms with Crippen LogP contribution < -0.4 is 0 Å². The van der Waals surface area contributed by atoms with Crippen LogP contribution in [0.2, 0.25) is 0 Å². The zero-order valence-corrected chi connectivity index (χ0v) is 7.19. The highest BCUT2D eigenvalue weighted by Gasteiger charge is 1.97. The van der Waals surface area contributed by atoms with Crippen molar-refractivity contribution in [3.8, 4) is 0 Å². The number of nitrogens with zero attached hydrogens (tertiary/aromatic N) is 2. The molecule has 0 aliphatic heterocycles. The van der Waals surface area contributed by atoms with Gasteiger partial charge in [-0.05, 0) is 13.2 Å². The van der Waals surface area contributed by atoms with Crippen molar-refractivity contribution >= 4 is 11.8 Å². The van der Waals surface area contributed by atoms with Gasteiger partial charge in [-0.25, -0.2) is 4.98 Å². The maximum atomic E-state index is 4.22. The van der Waals surface area contributed by atoms with Crippen molar-refractivity contribution in [3.63, 3.8) is 0 Å². The summed E-state index contributed by atoms with van der Waals surface area (Å²) < 4.78 is 2.16. The van der Waals surface area contributed by atoms with Gasteiger partial charge in [-0.15, -0.1) is 0 Å². The Kier molecular flexibility index (Phi) is 2.81. The molecule has 0 unspecified atom stereocenters. The fourth-order valence-electron chi connectivity index (χ4n) is 0.897. The molecule has 0 N–H and O–H groups in total. The van der Waals surface area contributed by atoms with Crippen molar-refractivity contribution in [1.29, 1.82) is 0 Å². The predicted octanol–water partition coefficient (Wildman–Crippen LogP) is 1.77. The van der Waals surface area contributed by atoms with Crippen LogP contribution in [-0.2, 0) is 12.3 Å². The molecule has 0 radical (unpaired) electrons. The summed E-state index contributed by atoms with van der Waals surface area (Å²) in [7, 11) is 0. The average Bonchev–Trinajstić information content (AvgIpc) is 2.36. The molecule has 0 atom stereocenters. The highest BCUT2D eigenvalue weighted by molar-refractivity contribution is 7.97. The van der Waals surface area contributed by atoms with E-state index >= 15 is 0 Å². The summed E-state index contributed by atoms with van der Waals surface area (Å²) in [6.45, 7) is 3.15. The maximum absolute atomic E-state index is 4.22. The average molecular weight is 156 g/mol. The second-order valence-electron chi connectivity index (χ2n) is 2.06. The quantitative estimate of drug-likeness (QED) is 0.663. The summed E-state index contributed by atoms with van der Waals surface area (Å²) in [6.07, 6.45) is 5.97. The van der Waals surface area contributed by atoms with Gasteiger partial charge in [0.2, 0.25) is 0 Å². The molecule has 0 amide bonds. The van der Waals surface area contributed by atoms with Crippen LogP contribution in [0.5, 0.6) is 0 Å². The molecule has 0 aliphatic carbocycles. The molecule has 10 heavy (non-hydrogen) atoms. The standard InChI is InChI=1S/C7H12N2S/c1-3-9-5-4-8-7(9)6-10-2/h4-5H,3,6H2,1-2H3. The van der Waals surface area contributed by atoms with Gasteiger partial charge in [-0.2, -0.15) is 11.8 Å². The Morgan fingerprint density at radius 2 is 2.50 bits per heavy atom. The first-order valence-electron chi connectivity index (χ1n) is 3.37. The lowest BCUT2D eigenvalue weighted by atomic mass is 10.6. The topological polar surface area (TPSA) is 17.8 Å². The molecule has 1 aromatic rings. The van der Waals surface area contributed by atoms with Gasteiger partial charge in [-0.1, -0.05) is 0 Å². The van der Waals surface area contributed by atoms with E-state index in [9.17, 15) is 0 Å². The van der Waals surface area contributed by atoms with E-state index in [1.165, 1.54) is 5.82 Å². The summed E-state index contributed by atoms with van der Waals surface area (Å²) in [6, 6.07) is 0. The lowest BCUT2D eigenvalue weighted by molar-refractivity contribution is 0.726. The van der Waals surface area contributed by atoms with Gasteiger partial charge in [0, 0.05) is 18.9 Å². The Bertz CT molecular complexity index is 195. The lowest BCUT2D eigenvalue weighted by Crippen LogP contribution is -1.98.